The molecule has 21 heavy (non-hydrogen) atoms. The van der Waals surface area contributed by atoms with Crippen molar-refractivity contribution in [3.63, 3.8) is 0 Å². The van der Waals surface area contributed by atoms with Gasteiger partial charge in [0.05, 0.1) is 6.10 Å². The maximum atomic E-state index is 10.5. The molecule has 5 rings (SSSR count). The van der Waals surface area contributed by atoms with E-state index >= 15 is 0 Å². The van der Waals surface area contributed by atoms with Crippen molar-refractivity contribution in [1.29, 1.82) is 0 Å². The molecule has 0 radical (unpaired) electrons. The first-order valence-electron chi connectivity index (χ1n) is 8.34. The van der Waals surface area contributed by atoms with E-state index in [4.69, 9.17) is 0 Å². The zero-order chi connectivity index (χ0) is 14.4. The molecule has 2 saturated carbocycles. The molecule has 2 fully saturated rings. The molecule has 0 unspecified atom stereocenters. The minimum Gasteiger partial charge on any atom is -0.504 e. The first kappa shape index (κ1) is 12.3. The van der Waals surface area contributed by atoms with Crippen molar-refractivity contribution in [3.05, 3.63) is 39.9 Å². The van der Waals surface area contributed by atoms with Gasteiger partial charge in [-0.3, -0.25) is 0 Å². The summed E-state index contributed by atoms with van der Waals surface area (Å²) in [5.41, 5.74) is 9.44. The molecule has 0 heterocycles. The standard InChI is InChI=1S/C19H22O2/c1-18-7-6-15-14-4-3-13(20)8-11(14)2-5-16(15)19(18)10-12(19)9-17(18)21/h4,12,17,20-21H,2,5-10H2,1H3/t12-,17-,18-,19+/m1/s1. The Balaban J connectivity index is 1.68. The van der Waals surface area contributed by atoms with E-state index in [2.05, 4.69) is 12.7 Å². The van der Waals surface area contributed by atoms with Crippen LogP contribution < -0.4 is 0 Å². The molecule has 110 valence electrons. The monoisotopic (exact) mass is 282 g/mol. The number of aliphatic hydroxyl groups excluding tert-OH is 2. The summed E-state index contributed by atoms with van der Waals surface area (Å²) in [6.07, 6.45) is 9.35. The number of aliphatic hydroxyl groups is 2. The normalized spacial score (nSPS) is 46.7. The van der Waals surface area contributed by atoms with Gasteiger partial charge in [0, 0.05) is 17.3 Å². The highest BCUT2D eigenvalue weighted by atomic mass is 16.3. The highest BCUT2D eigenvalue weighted by Crippen LogP contribution is 2.79. The molecule has 5 aliphatic carbocycles. The zero-order valence-corrected chi connectivity index (χ0v) is 12.6. The molecule has 0 aliphatic heterocycles. The van der Waals surface area contributed by atoms with Gasteiger partial charge in [-0.25, -0.2) is 0 Å². The van der Waals surface area contributed by atoms with Crippen LogP contribution in [0.15, 0.2) is 39.9 Å². The minimum absolute atomic E-state index is 0.105. The van der Waals surface area contributed by atoms with Gasteiger partial charge in [0.25, 0.3) is 0 Å². The second-order valence-electron chi connectivity index (χ2n) is 7.93. The van der Waals surface area contributed by atoms with E-state index in [9.17, 15) is 10.2 Å². The van der Waals surface area contributed by atoms with Gasteiger partial charge >= 0.3 is 0 Å². The minimum atomic E-state index is -0.105. The van der Waals surface area contributed by atoms with Crippen molar-refractivity contribution in [2.75, 3.05) is 0 Å². The van der Waals surface area contributed by atoms with Crippen molar-refractivity contribution in [2.45, 2.75) is 58.0 Å². The van der Waals surface area contributed by atoms with Gasteiger partial charge in [-0.2, -0.15) is 0 Å². The third-order valence-electron chi connectivity index (χ3n) is 7.31. The lowest BCUT2D eigenvalue weighted by atomic mass is 9.58. The summed E-state index contributed by atoms with van der Waals surface area (Å²) in [6, 6.07) is 0. The van der Waals surface area contributed by atoms with Gasteiger partial charge in [0.15, 0.2) is 0 Å². The Bertz CT molecular complexity index is 688. The summed E-state index contributed by atoms with van der Waals surface area (Å²) in [5, 5.41) is 20.3. The molecular weight excluding hydrogens is 260 g/mol. The molecule has 5 aliphatic rings. The summed E-state index contributed by atoms with van der Waals surface area (Å²) >= 11 is 0. The van der Waals surface area contributed by atoms with Gasteiger partial charge < -0.3 is 10.2 Å². The Morgan fingerprint density at radius 3 is 3.00 bits per heavy atom. The van der Waals surface area contributed by atoms with Gasteiger partial charge in [-0.05, 0) is 61.7 Å². The topological polar surface area (TPSA) is 40.5 Å². The van der Waals surface area contributed by atoms with E-state index in [1.165, 1.54) is 17.6 Å². The Morgan fingerprint density at radius 2 is 2.14 bits per heavy atom. The van der Waals surface area contributed by atoms with Crippen LogP contribution in [-0.4, -0.2) is 16.3 Å². The first-order valence-corrected chi connectivity index (χ1v) is 8.34. The lowest BCUT2D eigenvalue weighted by molar-refractivity contribution is 0.00887. The van der Waals surface area contributed by atoms with Gasteiger partial charge in [0.2, 0.25) is 0 Å². The van der Waals surface area contributed by atoms with Crippen LogP contribution in [0.3, 0.4) is 0 Å². The van der Waals surface area contributed by atoms with E-state index in [0.717, 1.165) is 38.0 Å². The molecule has 2 N–H and O–H groups in total. The van der Waals surface area contributed by atoms with Crippen molar-refractivity contribution >= 4 is 0 Å². The molecule has 2 nitrogen and oxygen atoms in total. The molecular formula is C19H22O2. The summed E-state index contributed by atoms with van der Waals surface area (Å²) in [5.74, 6) is 1.11. The second-order valence-corrected chi connectivity index (χ2v) is 7.93. The van der Waals surface area contributed by atoms with Crippen LogP contribution in [0, 0.1) is 16.7 Å². The van der Waals surface area contributed by atoms with Crippen molar-refractivity contribution in [3.8, 4) is 0 Å². The summed E-state index contributed by atoms with van der Waals surface area (Å²) < 4.78 is 0. The Hall–Kier alpha value is -1.24. The van der Waals surface area contributed by atoms with E-state index in [1.54, 1.807) is 11.1 Å². The van der Waals surface area contributed by atoms with Crippen LogP contribution in [0.25, 0.3) is 0 Å². The average molecular weight is 282 g/mol. The maximum Gasteiger partial charge on any atom is 0.139 e. The van der Waals surface area contributed by atoms with E-state index in [-0.39, 0.29) is 11.5 Å². The summed E-state index contributed by atoms with van der Waals surface area (Å²) in [7, 11) is 0. The number of fused-ring (bicyclic) bond motifs is 1. The van der Waals surface area contributed by atoms with E-state index in [1.807, 2.05) is 6.08 Å². The number of rotatable bonds is 0. The maximum absolute atomic E-state index is 10.5. The molecule has 0 saturated heterocycles. The van der Waals surface area contributed by atoms with Crippen LogP contribution in [0.5, 0.6) is 0 Å². The van der Waals surface area contributed by atoms with Gasteiger partial charge in [0.1, 0.15) is 5.76 Å². The van der Waals surface area contributed by atoms with Crippen molar-refractivity contribution in [1.82, 2.24) is 0 Å². The fourth-order valence-corrected chi connectivity index (χ4v) is 6.13. The fraction of sp³-hybridized carbons (Fsp3) is 0.632. The van der Waals surface area contributed by atoms with Crippen LogP contribution in [0.4, 0.5) is 0 Å². The SMILES string of the molecule is C[C@]12CCC3=C(CCC4=C3C=C=C(O)C4)[C@@]13C[C@H]3C[C@H]2O. The molecule has 4 atom stereocenters. The van der Waals surface area contributed by atoms with Gasteiger partial charge in [-0.1, -0.05) is 23.8 Å². The van der Waals surface area contributed by atoms with Crippen LogP contribution >= 0.6 is 0 Å². The number of allylic oxidation sites excluding steroid dienone is 4. The summed E-state index contributed by atoms with van der Waals surface area (Å²) in [4.78, 5) is 0. The third-order valence-corrected chi connectivity index (χ3v) is 7.31. The highest BCUT2D eigenvalue weighted by Gasteiger charge is 2.74. The Kier molecular flexibility index (Phi) is 2.09. The quantitative estimate of drug-likeness (QED) is 0.661. The predicted molar refractivity (Wildman–Crippen MR) is 80.6 cm³/mol. The fourth-order valence-electron chi connectivity index (χ4n) is 6.13. The van der Waals surface area contributed by atoms with Crippen LogP contribution in [-0.2, 0) is 0 Å². The molecule has 0 aromatic heterocycles. The largest absolute Gasteiger partial charge is 0.504 e. The van der Waals surface area contributed by atoms with Crippen molar-refractivity contribution in [2.24, 2.45) is 16.7 Å². The summed E-state index contributed by atoms with van der Waals surface area (Å²) in [6.45, 7) is 2.33. The number of hydrogen-bond acceptors (Lipinski definition) is 2. The highest BCUT2D eigenvalue weighted by molar-refractivity contribution is 5.56. The zero-order valence-electron chi connectivity index (χ0n) is 12.6. The second kappa shape index (κ2) is 3.56. The van der Waals surface area contributed by atoms with Crippen LogP contribution in [0.1, 0.15) is 51.9 Å². The lowest BCUT2D eigenvalue weighted by Gasteiger charge is -2.46. The molecule has 2 heteroatoms. The Labute approximate surface area is 125 Å². The Morgan fingerprint density at radius 1 is 1.29 bits per heavy atom. The lowest BCUT2D eigenvalue weighted by Crippen LogP contribution is -2.41. The van der Waals surface area contributed by atoms with Gasteiger partial charge in [-0.15, -0.1) is 0 Å². The first-order chi connectivity index (χ1) is 10.1. The molecule has 0 bridgehead atoms. The van der Waals surface area contributed by atoms with Crippen molar-refractivity contribution < 1.29 is 10.2 Å². The molecule has 0 aromatic rings. The molecule has 0 aromatic carbocycles. The van der Waals surface area contributed by atoms with Crippen LogP contribution in [0.2, 0.25) is 0 Å². The smallest absolute Gasteiger partial charge is 0.139 e. The molecule has 0 amide bonds. The van der Waals surface area contributed by atoms with E-state index in [0.29, 0.717) is 17.6 Å². The number of hydrogen-bond donors (Lipinski definition) is 2. The third kappa shape index (κ3) is 1.26. The van der Waals surface area contributed by atoms with E-state index < -0.39 is 0 Å². The average Bonchev–Trinajstić information content (AvgIpc) is 3.12. The molecule has 1 spiro atoms. The predicted octanol–water partition coefficient (Wildman–Crippen LogP) is 3.95.